The third-order valence-corrected chi connectivity index (χ3v) is 5.44. The minimum Gasteiger partial charge on any atom is -0.458 e. The lowest BCUT2D eigenvalue weighted by molar-refractivity contribution is -0.140. The van der Waals surface area contributed by atoms with E-state index < -0.39 is 47.7 Å². The summed E-state index contributed by atoms with van der Waals surface area (Å²) in [6.07, 6.45) is 6.34. The van der Waals surface area contributed by atoms with Gasteiger partial charge in [0.25, 0.3) is 0 Å². The maximum absolute atomic E-state index is 13.0. The zero-order valence-electron chi connectivity index (χ0n) is 19.0. The van der Waals surface area contributed by atoms with Crippen LogP contribution in [0.15, 0.2) is 50.8 Å². The fourth-order valence-corrected chi connectivity index (χ4v) is 3.66. The van der Waals surface area contributed by atoms with Crippen LogP contribution in [0.1, 0.15) is 12.8 Å². The van der Waals surface area contributed by atoms with Crippen molar-refractivity contribution in [2.24, 2.45) is 0 Å². The van der Waals surface area contributed by atoms with Gasteiger partial charge in [-0.25, -0.2) is 37.7 Å². The monoisotopic (exact) mass is 505 g/mol. The minimum absolute atomic E-state index is 0.00471. The Morgan fingerprint density at radius 1 is 0.611 bits per heavy atom. The first-order valence-electron chi connectivity index (χ1n) is 11.1. The van der Waals surface area contributed by atoms with Crippen molar-refractivity contribution in [3.63, 3.8) is 0 Å². The van der Waals surface area contributed by atoms with Gasteiger partial charge in [-0.2, -0.15) is 0 Å². The summed E-state index contributed by atoms with van der Waals surface area (Å²) in [5, 5.41) is 0. The summed E-state index contributed by atoms with van der Waals surface area (Å²) in [4.78, 5) is 72.3. The first-order chi connectivity index (χ1) is 17.3. The third-order valence-electron chi connectivity index (χ3n) is 5.44. The average Bonchev–Trinajstić information content (AvgIpc) is 3.57. The van der Waals surface area contributed by atoms with Crippen LogP contribution in [0.2, 0.25) is 0 Å². The van der Waals surface area contributed by atoms with Gasteiger partial charge in [-0.05, 0) is 24.6 Å². The predicted octanol–water partition coefficient (Wildman–Crippen LogP) is -0.383. The Bertz CT molecular complexity index is 1110. The zero-order valence-corrected chi connectivity index (χ0v) is 19.0. The number of cyclic esters (lactones) is 5. The second-order valence-corrected chi connectivity index (χ2v) is 7.97. The van der Waals surface area contributed by atoms with Crippen LogP contribution in [-0.2, 0) is 48.1 Å². The number of hydrogen-bond acceptors (Lipinski definition) is 11. The summed E-state index contributed by atoms with van der Waals surface area (Å²) in [6, 6.07) is 0. The van der Waals surface area contributed by atoms with Gasteiger partial charge in [0.05, 0.1) is 19.6 Å². The quantitative estimate of drug-likeness (QED) is 0.244. The average molecular weight is 505 g/mol. The van der Waals surface area contributed by atoms with Gasteiger partial charge in [0.1, 0.15) is 19.3 Å². The molecular weight excluding hydrogens is 482 g/mol. The van der Waals surface area contributed by atoms with Gasteiger partial charge in [0, 0.05) is 6.42 Å². The smallest absolute Gasteiger partial charge is 0.458 e. The molecule has 3 aliphatic heterocycles. The molecule has 0 amide bonds. The number of allylic oxidation sites excluding steroid dienone is 3. The molecule has 3 unspecified atom stereocenters. The van der Waals surface area contributed by atoms with Crippen molar-refractivity contribution in [2.75, 3.05) is 13.2 Å². The number of hydrogen-bond donors (Lipinski definition) is 0. The number of aromatic nitrogens is 3. The zero-order chi connectivity index (χ0) is 25.7. The SMILES string of the molecule is O=C1CCC(/C=C/Cn2c(=O)n(C/C=C/C3COC(=O)O3)c(=O)n(C/C=C/C3COC(=O)O3)c2=O)O1. The molecule has 0 saturated carbocycles. The van der Waals surface area contributed by atoms with Crippen molar-refractivity contribution in [1.29, 1.82) is 0 Å². The maximum Gasteiger partial charge on any atom is 0.509 e. The highest BCUT2D eigenvalue weighted by Crippen LogP contribution is 2.14. The summed E-state index contributed by atoms with van der Waals surface area (Å²) in [7, 11) is 0. The standard InChI is InChI=1S/C22H23N3O11/c26-17-8-7-14(34-17)4-1-9-23-18(27)24(10-2-5-15-12-32-21(30)35-15)20(29)25(19(23)28)11-3-6-16-13-33-22(31)36-16/h1-6,14-16H,7-13H2/b4-1+,5-2+,6-3+. The van der Waals surface area contributed by atoms with Crippen LogP contribution in [0.5, 0.6) is 0 Å². The Labute approximate surface area is 202 Å². The molecule has 1 aromatic rings. The molecule has 3 aliphatic rings. The lowest BCUT2D eigenvalue weighted by atomic mass is 10.2. The van der Waals surface area contributed by atoms with E-state index in [1.54, 1.807) is 6.08 Å². The summed E-state index contributed by atoms with van der Waals surface area (Å²) < 4.78 is 26.8. The van der Waals surface area contributed by atoms with Crippen LogP contribution < -0.4 is 17.1 Å². The Balaban J connectivity index is 1.58. The van der Waals surface area contributed by atoms with Gasteiger partial charge < -0.3 is 23.7 Å². The Morgan fingerprint density at radius 2 is 1.03 bits per heavy atom. The molecule has 192 valence electrons. The Hall–Kier alpha value is -4.36. The number of nitrogens with zero attached hydrogens (tertiary/aromatic N) is 3. The highest BCUT2D eigenvalue weighted by atomic mass is 16.8. The van der Waals surface area contributed by atoms with E-state index in [0.29, 0.717) is 6.42 Å². The summed E-state index contributed by atoms with van der Waals surface area (Å²) in [6.45, 7) is -0.557. The highest BCUT2D eigenvalue weighted by Gasteiger charge is 2.24. The number of carbonyl (C=O) groups is 3. The summed E-state index contributed by atoms with van der Waals surface area (Å²) in [5.41, 5.74) is -2.55. The molecule has 14 nitrogen and oxygen atoms in total. The Kier molecular flexibility index (Phi) is 7.51. The van der Waals surface area contributed by atoms with Crippen molar-refractivity contribution in [2.45, 2.75) is 50.8 Å². The maximum atomic E-state index is 13.0. The molecule has 4 rings (SSSR count). The van der Waals surface area contributed by atoms with Gasteiger partial charge in [-0.1, -0.05) is 18.2 Å². The molecule has 0 N–H and O–H groups in total. The molecule has 14 heteroatoms. The second-order valence-electron chi connectivity index (χ2n) is 7.97. The van der Waals surface area contributed by atoms with Crippen molar-refractivity contribution < 1.29 is 38.1 Å². The third kappa shape index (κ3) is 5.82. The molecular formula is C22H23N3O11. The number of rotatable bonds is 9. The fourth-order valence-electron chi connectivity index (χ4n) is 3.66. The number of esters is 1. The van der Waals surface area contributed by atoms with Crippen LogP contribution in [0.4, 0.5) is 9.59 Å². The summed E-state index contributed by atoms with van der Waals surface area (Å²) >= 11 is 0. The van der Waals surface area contributed by atoms with Crippen molar-refractivity contribution in [1.82, 2.24) is 13.7 Å². The van der Waals surface area contributed by atoms with E-state index in [9.17, 15) is 28.8 Å². The van der Waals surface area contributed by atoms with Gasteiger partial charge in [-0.3, -0.25) is 4.79 Å². The minimum atomic E-state index is -0.858. The van der Waals surface area contributed by atoms with Crippen LogP contribution in [0.3, 0.4) is 0 Å². The molecule has 36 heavy (non-hydrogen) atoms. The molecule has 0 bridgehead atoms. The van der Waals surface area contributed by atoms with Crippen molar-refractivity contribution >= 4 is 18.3 Å². The van der Waals surface area contributed by atoms with Gasteiger partial charge in [-0.15, -0.1) is 0 Å². The van der Waals surface area contributed by atoms with E-state index in [1.165, 1.54) is 30.4 Å². The van der Waals surface area contributed by atoms with Gasteiger partial charge >= 0.3 is 35.3 Å². The lowest BCUT2D eigenvalue weighted by Crippen LogP contribution is -2.54. The van der Waals surface area contributed by atoms with E-state index in [1.807, 2.05) is 0 Å². The van der Waals surface area contributed by atoms with E-state index in [-0.39, 0.29) is 45.2 Å². The molecule has 3 saturated heterocycles. The van der Waals surface area contributed by atoms with Crippen LogP contribution in [0, 0.1) is 0 Å². The van der Waals surface area contributed by atoms with E-state index >= 15 is 0 Å². The number of ether oxygens (including phenoxy) is 5. The first kappa shape index (κ1) is 24.8. The predicted molar refractivity (Wildman–Crippen MR) is 118 cm³/mol. The van der Waals surface area contributed by atoms with E-state index in [0.717, 1.165) is 13.7 Å². The Morgan fingerprint density at radius 3 is 1.36 bits per heavy atom. The topological polar surface area (TPSA) is 163 Å². The first-order valence-corrected chi connectivity index (χ1v) is 11.1. The molecule has 1 aromatic heterocycles. The largest absolute Gasteiger partial charge is 0.509 e. The van der Waals surface area contributed by atoms with E-state index in [4.69, 9.17) is 14.2 Å². The van der Waals surface area contributed by atoms with Crippen LogP contribution >= 0.6 is 0 Å². The van der Waals surface area contributed by atoms with Gasteiger partial charge in [0.15, 0.2) is 12.2 Å². The van der Waals surface area contributed by atoms with E-state index in [2.05, 4.69) is 9.47 Å². The van der Waals surface area contributed by atoms with Crippen LogP contribution in [-0.4, -0.2) is 63.5 Å². The normalized spacial score (nSPS) is 23.9. The molecule has 3 fully saturated rings. The summed E-state index contributed by atoms with van der Waals surface area (Å²) in [5.74, 6) is -0.326. The molecule has 0 spiro atoms. The van der Waals surface area contributed by atoms with Gasteiger partial charge in [0.2, 0.25) is 0 Å². The van der Waals surface area contributed by atoms with Crippen LogP contribution in [0.25, 0.3) is 0 Å². The molecule has 0 aliphatic carbocycles. The van der Waals surface area contributed by atoms with Crippen molar-refractivity contribution in [3.05, 3.63) is 67.9 Å². The molecule has 3 atom stereocenters. The molecule has 0 aromatic carbocycles. The lowest BCUT2D eigenvalue weighted by Gasteiger charge is -2.11. The fraction of sp³-hybridized carbons (Fsp3) is 0.455. The highest BCUT2D eigenvalue weighted by molar-refractivity contribution is 5.71. The molecule has 4 heterocycles. The number of carbonyl (C=O) groups excluding carboxylic acids is 3. The van der Waals surface area contributed by atoms with Crippen molar-refractivity contribution in [3.8, 4) is 0 Å². The molecule has 0 radical (unpaired) electrons. The second kappa shape index (κ2) is 10.9.